The van der Waals surface area contributed by atoms with Crippen molar-refractivity contribution in [2.45, 2.75) is 19.8 Å². The van der Waals surface area contributed by atoms with Crippen LogP contribution in [0.3, 0.4) is 0 Å². The van der Waals surface area contributed by atoms with Crippen molar-refractivity contribution in [1.29, 1.82) is 0 Å². The summed E-state index contributed by atoms with van der Waals surface area (Å²) in [7, 11) is 0. The summed E-state index contributed by atoms with van der Waals surface area (Å²) in [6.07, 6.45) is 0.455. The van der Waals surface area contributed by atoms with Crippen molar-refractivity contribution < 1.29 is 19.1 Å². The first kappa shape index (κ1) is 15.0. The molecule has 0 heterocycles. The van der Waals surface area contributed by atoms with Gasteiger partial charge in [0, 0.05) is 6.54 Å². The second-order valence-electron chi connectivity index (χ2n) is 3.82. The van der Waals surface area contributed by atoms with Crippen molar-refractivity contribution >= 4 is 11.9 Å². The molecule has 0 spiro atoms. The highest BCUT2D eigenvalue weighted by molar-refractivity contribution is 5.77. The summed E-state index contributed by atoms with van der Waals surface area (Å²) >= 11 is 0. The Morgan fingerprint density at radius 2 is 1.89 bits per heavy atom. The highest BCUT2D eigenvalue weighted by Crippen LogP contribution is 2.08. The molecule has 5 heteroatoms. The first-order chi connectivity index (χ1) is 9.22. The number of esters is 1. The predicted molar refractivity (Wildman–Crippen MR) is 70.8 cm³/mol. The zero-order chi connectivity index (χ0) is 13.9. The Balaban J connectivity index is 2.07. The van der Waals surface area contributed by atoms with E-state index < -0.39 is 0 Å². The molecule has 0 bridgehead atoms. The van der Waals surface area contributed by atoms with Crippen LogP contribution in [0.4, 0.5) is 0 Å². The van der Waals surface area contributed by atoms with Crippen LogP contribution in [-0.4, -0.2) is 31.6 Å². The third-order valence-corrected chi connectivity index (χ3v) is 2.30. The van der Waals surface area contributed by atoms with E-state index in [-0.39, 0.29) is 24.7 Å². The SMILES string of the molecule is CCOC(=O)CCNC(=O)CCOc1ccccc1. The van der Waals surface area contributed by atoms with Crippen LogP contribution in [-0.2, 0) is 14.3 Å². The largest absolute Gasteiger partial charge is 0.493 e. The number of benzene rings is 1. The Morgan fingerprint density at radius 3 is 2.58 bits per heavy atom. The highest BCUT2D eigenvalue weighted by atomic mass is 16.5. The summed E-state index contributed by atoms with van der Waals surface area (Å²) in [5.74, 6) is 0.297. The number of nitrogens with one attached hydrogen (secondary N) is 1. The summed E-state index contributed by atoms with van der Waals surface area (Å²) in [4.78, 5) is 22.5. The summed E-state index contributed by atoms with van der Waals surface area (Å²) in [6.45, 7) is 2.72. The number of carbonyl (C=O) groups excluding carboxylic acids is 2. The smallest absolute Gasteiger partial charge is 0.307 e. The van der Waals surface area contributed by atoms with E-state index in [2.05, 4.69) is 5.32 Å². The molecule has 1 rings (SSSR count). The minimum atomic E-state index is -0.302. The van der Waals surface area contributed by atoms with E-state index in [1.165, 1.54) is 0 Å². The zero-order valence-electron chi connectivity index (χ0n) is 11.1. The monoisotopic (exact) mass is 265 g/mol. The maximum Gasteiger partial charge on any atom is 0.307 e. The third-order valence-electron chi connectivity index (χ3n) is 2.30. The first-order valence-electron chi connectivity index (χ1n) is 6.32. The number of hydrogen-bond acceptors (Lipinski definition) is 4. The molecule has 0 aliphatic rings. The number of carbonyl (C=O) groups is 2. The van der Waals surface area contributed by atoms with Crippen molar-refractivity contribution in [3.63, 3.8) is 0 Å². The molecule has 5 nitrogen and oxygen atoms in total. The topological polar surface area (TPSA) is 64.6 Å². The van der Waals surface area contributed by atoms with Crippen LogP contribution in [0.15, 0.2) is 30.3 Å². The molecular formula is C14H19NO4. The molecule has 104 valence electrons. The van der Waals surface area contributed by atoms with Crippen molar-refractivity contribution in [2.75, 3.05) is 19.8 Å². The minimum absolute atomic E-state index is 0.139. The molecule has 1 aromatic rings. The standard InChI is InChI=1S/C14H19NO4/c1-2-18-14(17)8-10-15-13(16)9-11-19-12-6-4-3-5-7-12/h3-7H,2,8-11H2,1H3,(H,15,16). The third kappa shape index (κ3) is 7.08. The second-order valence-corrected chi connectivity index (χ2v) is 3.82. The van der Waals surface area contributed by atoms with Crippen LogP contribution < -0.4 is 10.1 Å². The first-order valence-corrected chi connectivity index (χ1v) is 6.32. The molecule has 0 aromatic heterocycles. The molecule has 0 aliphatic carbocycles. The normalized spacial score (nSPS) is 9.74. The molecule has 19 heavy (non-hydrogen) atoms. The van der Waals surface area contributed by atoms with Gasteiger partial charge in [0.15, 0.2) is 0 Å². The molecule has 0 unspecified atom stereocenters. The van der Waals surface area contributed by atoms with Gasteiger partial charge in [0.2, 0.25) is 5.91 Å². The number of hydrogen-bond donors (Lipinski definition) is 1. The average Bonchev–Trinajstić information content (AvgIpc) is 2.40. The Morgan fingerprint density at radius 1 is 1.16 bits per heavy atom. The van der Waals surface area contributed by atoms with Crippen molar-refractivity contribution in [2.24, 2.45) is 0 Å². The molecule has 1 aromatic carbocycles. The van der Waals surface area contributed by atoms with Gasteiger partial charge in [-0.2, -0.15) is 0 Å². The van der Waals surface area contributed by atoms with Crippen molar-refractivity contribution in [3.05, 3.63) is 30.3 Å². The molecule has 0 saturated carbocycles. The van der Waals surface area contributed by atoms with E-state index in [9.17, 15) is 9.59 Å². The van der Waals surface area contributed by atoms with Crippen LogP contribution in [0.2, 0.25) is 0 Å². The van der Waals surface area contributed by atoms with Crippen LogP contribution in [0.5, 0.6) is 5.75 Å². The molecule has 0 fully saturated rings. The fourth-order valence-electron chi connectivity index (χ4n) is 1.40. The van der Waals surface area contributed by atoms with Gasteiger partial charge in [0.25, 0.3) is 0 Å². The molecular weight excluding hydrogens is 246 g/mol. The molecule has 0 radical (unpaired) electrons. The number of amides is 1. The lowest BCUT2D eigenvalue weighted by Gasteiger charge is -2.07. The van der Waals surface area contributed by atoms with E-state index >= 15 is 0 Å². The zero-order valence-corrected chi connectivity index (χ0v) is 11.1. The summed E-state index contributed by atoms with van der Waals surface area (Å²) in [5, 5.41) is 2.64. The summed E-state index contributed by atoms with van der Waals surface area (Å²) < 4.78 is 10.1. The molecule has 1 N–H and O–H groups in total. The van der Waals surface area contributed by atoms with E-state index in [4.69, 9.17) is 9.47 Å². The second kappa shape index (κ2) is 8.97. The van der Waals surface area contributed by atoms with Crippen molar-refractivity contribution in [3.8, 4) is 5.75 Å². The van der Waals surface area contributed by atoms with Crippen LogP contribution in [0.25, 0.3) is 0 Å². The Bertz CT molecular complexity index is 392. The van der Waals surface area contributed by atoms with E-state index in [0.717, 1.165) is 5.75 Å². The van der Waals surface area contributed by atoms with Gasteiger partial charge in [-0.15, -0.1) is 0 Å². The van der Waals surface area contributed by atoms with E-state index in [1.54, 1.807) is 6.92 Å². The average molecular weight is 265 g/mol. The molecule has 0 atom stereocenters. The number of para-hydroxylation sites is 1. The Hall–Kier alpha value is -2.04. The fourth-order valence-corrected chi connectivity index (χ4v) is 1.40. The minimum Gasteiger partial charge on any atom is -0.493 e. The Labute approximate surface area is 112 Å². The molecule has 1 amide bonds. The van der Waals surface area contributed by atoms with Gasteiger partial charge < -0.3 is 14.8 Å². The van der Waals surface area contributed by atoms with Gasteiger partial charge in [-0.1, -0.05) is 18.2 Å². The van der Waals surface area contributed by atoms with E-state index in [1.807, 2.05) is 30.3 Å². The number of rotatable bonds is 8. The predicted octanol–water partition coefficient (Wildman–Crippen LogP) is 1.52. The molecule has 0 aliphatic heterocycles. The Kier molecular flexibility index (Phi) is 7.09. The lowest BCUT2D eigenvalue weighted by Crippen LogP contribution is -2.27. The molecule has 0 saturated heterocycles. The van der Waals surface area contributed by atoms with E-state index in [0.29, 0.717) is 19.8 Å². The van der Waals surface area contributed by atoms with Crippen LogP contribution in [0, 0.1) is 0 Å². The maximum absolute atomic E-state index is 11.4. The maximum atomic E-state index is 11.4. The summed E-state index contributed by atoms with van der Waals surface area (Å²) in [5.41, 5.74) is 0. The fraction of sp³-hybridized carbons (Fsp3) is 0.429. The highest BCUT2D eigenvalue weighted by Gasteiger charge is 2.04. The van der Waals surface area contributed by atoms with Crippen LogP contribution in [0.1, 0.15) is 19.8 Å². The van der Waals surface area contributed by atoms with Gasteiger partial charge in [0.05, 0.1) is 26.1 Å². The lowest BCUT2D eigenvalue weighted by atomic mass is 10.3. The van der Waals surface area contributed by atoms with Gasteiger partial charge in [-0.25, -0.2) is 0 Å². The summed E-state index contributed by atoms with van der Waals surface area (Å²) in [6, 6.07) is 9.30. The number of ether oxygens (including phenoxy) is 2. The van der Waals surface area contributed by atoms with Gasteiger partial charge in [0.1, 0.15) is 5.75 Å². The van der Waals surface area contributed by atoms with Crippen molar-refractivity contribution in [1.82, 2.24) is 5.32 Å². The quantitative estimate of drug-likeness (QED) is 0.724. The van der Waals surface area contributed by atoms with Gasteiger partial charge >= 0.3 is 5.97 Å². The van der Waals surface area contributed by atoms with Gasteiger partial charge in [-0.05, 0) is 19.1 Å². The van der Waals surface area contributed by atoms with Crippen LogP contribution >= 0.6 is 0 Å². The lowest BCUT2D eigenvalue weighted by molar-refractivity contribution is -0.143. The van der Waals surface area contributed by atoms with Gasteiger partial charge in [-0.3, -0.25) is 9.59 Å².